The van der Waals surface area contributed by atoms with E-state index in [1.807, 2.05) is 0 Å². The summed E-state index contributed by atoms with van der Waals surface area (Å²) in [6.45, 7) is 4.61. The Morgan fingerprint density at radius 2 is 2.08 bits per heavy atom. The Bertz CT molecular complexity index is 149. The fourth-order valence-corrected chi connectivity index (χ4v) is 1.12. The van der Waals surface area contributed by atoms with Crippen LogP contribution in [0.4, 0.5) is 0 Å². The molecule has 1 atom stereocenters. The van der Waals surface area contributed by atoms with Gasteiger partial charge in [0.15, 0.2) is 0 Å². The van der Waals surface area contributed by atoms with Gasteiger partial charge in [-0.05, 0) is 12.3 Å². The van der Waals surface area contributed by atoms with E-state index in [0.717, 1.165) is 0 Å². The summed E-state index contributed by atoms with van der Waals surface area (Å²) in [5.41, 5.74) is 0. The van der Waals surface area contributed by atoms with Gasteiger partial charge < -0.3 is 15.7 Å². The van der Waals surface area contributed by atoms with Crippen molar-refractivity contribution in [3.05, 3.63) is 0 Å². The van der Waals surface area contributed by atoms with Crippen LogP contribution in [0.2, 0.25) is 0 Å². The number of hydrogen-bond acceptors (Lipinski definition) is 3. The molecule has 3 N–H and O–H groups in total. The highest BCUT2D eigenvalue weighted by Gasteiger charge is 2.12. The van der Waals surface area contributed by atoms with Crippen LogP contribution in [0, 0.1) is 5.92 Å². The van der Waals surface area contributed by atoms with Crippen LogP contribution in [0.3, 0.4) is 0 Å². The van der Waals surface area contributed by atoms with Gasteiger partial charge >= 0.3 is 0 Å². The lowest BCUT2D eigenvalue weighted by molar-refractivity contribution is -0.119. The van der Waals surface area contributed by atoms with Crippen molar-refractivity contribution in [3.63, 3.8) is 0 Å². The fourth-order valence-electron chi connectivity index (χ4n) is 1.12. The molecule has 0 rings (SSSR count). The van der Waals surface area contributed by atoms with Crippen LogP contribution >= 0.6 is 0 Å². The average Bonchev–Trinajstić information content (AvgIpc) is 2.11. The lowest BCUT2D eigenvalue weighted by Gasteiger charge is -2.20. The summed E-state index contributed by atoms with van der Waals surface area (Å²) in [5, 5.41) is 14.4. The maximum atomic E-state index is 10.9. The number of aliphatic hydroxyl groups is 1. The van der Waals surface area contributed by atoms with Gasteiger partial charge in [-0.3, -0.25) is 4.79 Å². The van der Waals surface area contributed by atoms with Crippen LogP contribution in [0.25, 0.3) is 0 Å². The van der Waals surface area contributed by atoms with Gasteiger partial charge in [-0.25, -0.2) is 0 Å². The van der Waals surface area contributed by atoms with Crippen molar-refractivity contribution in [1.29, 1.82) is 0 Å². The number of likely N-dealkylation sites (N-methyl/N-ethyl adjacent to an activating group) is 1. The van der Waals surface area contributed by atoms with E-state index in [-0.39, 0.29) is 18.6 Å². The third kappa shape index (κ3) is 5.60. The monoisotopic (exact) mass is 188 g/mol. The first-order chi connectivity index (χ1) is 6.11. The van der Waals surface area contributed by atoms with Crippen LogP contribution in [0.1, 0.15) is 20.3 Å². The van der Waals surface area contributed by atoms with Crippen molar-refractivity contribution < 1.29 is 9.90 Å². The van der Waals surface area contributed by atoms with Gasteiger partial charge in [-0.15, -0.1) is 0 Å². The number of aliphatic hydroxyl groups excluding tert-OH is 1. The summed E-state index contributed by atoms with van der Waals surface area (Å²) in [5.74, 6) is 0.403. The van der Waals surface area contributed by atoms with Crippen LogP contribution < -0.4 is 10.6 Å². The van der Waals surface area contributed by atoms with Gasteiger partial charge in [0, 0.05) is 19.7 Å². The summed E-state index contributed by atoms with van der Waals surface area (Å²) in [7, 11) is 1.61. The van der Waals surface area contributed by atoms with E-state index >= 15 is 0 Å². The molecule has 13 heavy (non-hydrogen) atoms. The summed E-state index contributed by atoms with van der Waals surface area (Å²) in [6.07, 6.45) is 0.689. The minimum atomic E-state index is -0.0245. The Balaban J connectivity index is 3.75. The summed E-state index contributed by atoms with van der Waals surface area (Å²) < 4.78 is 0. The maximum absolute atomic E-state index is 10.9. The van der Waals surface area contributed by atoms with Gasteiger partial charge in [0.1, 0.15) is 0 Å². The van der Waals surface area contributed by atoms with E-state index < -0.39 is 0 Å². The number of rotatable bonds is 6. The van der Waals surface area contributed by atoms with Gasteiger partial charge in [0.2, 0.25) is 5.91 Å². The largest absolute Gasteiger partial charge is 0.396 e. The Labute approximate surface area is 79.7 Å². The fraction of sp³-hybridized carbons (Fsp3) is 0.889. The van der Waals surface area contributed by atoms with E-state index in [1.165, 1.54) is 0 Å². The molecule has 78 valence electrons. The third-order valence-electron chi connectivity index (χ3n) is 2.05. The molecule has 0 heterocycles. The zero-order chi connectivity index (χ0) is 10.3. The van der Waals surface area contributed by atoms with Gasteiger partial charge in [0.05, 0.1) is 6.54 Å². The van der Waals surface area contributed by atoms with Crippen molar-refractivity contribution in [1.82, 2.24) is 10.6 Å². The van der Waals surface area contributed by atoms with Crippen molar-refractivity contribution in [2.24, 2.45) is 5.92 Å². The molecular weight excluding hydrogens is 168 g/mol. The number of carbonyl (C=O) groups excluding carboxylic acids is 1. The molecule has 0 aliphatic heterocycles. The molecule has 4 nitrogen and oxygen atoms in total. The van der Waals surface area contributed by atoms with Gasteiger partial charge in [-0.2, -0.15) is 0 Å². The Morgan fingerprint density at radius 1 is 1.46 bits per heavy atom. The second-order valence-corrected chi connectivity index (χ2v) is 3.42. The first-order valence-corrected chi connectivity index (χ1v) is 4.66. The molecule has 0 saturated heterocycles. The summed E-state index contributed by atoms with van der Waals surface area (Å²) in [4.78, 5) is 10.9. The van der Waals surface area contributed by atoms with Crippen molar-refractivity contribution in [2.75, 3.05) is 20.2 Å². The van der Waals surface area contributed by atoms with Crippen LogP contribution in [0.15, 0.2) is 0 Å². The molecule has 0 saturated carbocycles. The minimum absolute atomic E-state index is 0.0245. The molecule has 0 aliphatic carbocycles. The van der Waals surface area contributed by atoms with E-state index in [4.69, 9.17) is 5.11 Å². The molecule has 0 spiro atoms. The predicted molar refractivity (Wildman–Crippen MR) is 52.4 cm³/mol. The number of amides is 1. The lowest BCUT2D eigenvalue weighted by Crippen LogP contribution is -2.41. The van der Waals surface area contributed by atoms with E-state index in [1.54, 1.807) is 7.05 Å². The topological polar surface area (TPSA) is 61.4 Å². The maximum Gasteiger partial charge on any atom is 0.233 e. The quantitative estimate of drug-likeness (QED) is 0.537. The zero-order valence-corrected chi connectivity index (χ0v) is 8.63. The standard InChI is InChI=1S/C9H20N2O2/c1-7(2)8(4-5-12)11-6-9(13)10-3/h7-8,11-12H,4-6H2,1-3H3,(H,10,13). The van der Waals surface area contributed by atoms with Crippen molar-refractivity contribution in [3.8, 4) is 0 Å². The lowest BCUT2D eigenvalue weighted by atomic mass is 10.0. The molecule has 0 aromatic carbocycles. The predicted octanol–water partition coefficient (Wildman–Crippen LogP) is -0.271. The minimum Gasteiger partial charge on any atom is -0.396 e. The van der Waals surface area contributed by atoms with Crippen molar-refractivity contribution >= 4 is 5.91 Å². The van der Waals surface area contributed by atoms with E-state index in [0.29, 0.717) is 18.9 Å². The summed E-state index contributed by atoms with van der Waals surface area (Å²) in [6, 6.07) is 0.210. The number of hydrogen-bond donors (Lipinski definition) is 3. The van der Waals surface area contributed by atoms with Crippen LogP contribution in [-0.4, -0.2) is 37.3 Å². The molecule has 0 bridgehead atoms. The summed E-state index contributed by atoms with van der Waals surface area (Å²) >= 11 is 0. The molecule has 0 fully saturated rings. The molecule has 1 amide bonds. The molecule has 1 unspecified atom stereocenters. The Kier molecular flexibility index (Phi) is 6.54. The van der Waals surface area contributed by atoms with E-state index in [2.05, 4.69) is 24.5 Å². The highest BCUT2D eigenvalue weighted by Crippen LogP contribution is 2.04. The second kappa shape index (κ2) is 6.86. The molecule has 4 heteroatoms. The molecule has 0 aromatic heterocycles. The molecular formula is C9H20N2O2. The van der Waals surface area contributed by atoms with Crippen LogP contribution in [0.5, 0.6) is 0 Å². The first-order valence-electron chi connectivity index (χ1n) is 4.66. The van der Waals surface area contributed by atoms with Crippen molar-refractivity contribution in [2.45, 2.75) is 26.3 Å². The van der Waals surface area contributed by atoms with Gasteiger partial charge in [-0.1, -0.05) is 13.8 Å². The van der Waals surface area contributed by atoms with E-state index in [9.17, 15) is 4.79 Å². The SMILES string of the molecule is CNC(=O)CNC(CCO)C(C)C. The Morgan fingerprint density at radius 3 is 2.46 bits per heavy atom. The molecule has 0 aliphatic rings. The molecule has 0 aromatic rings. The number of carbonyl (C=O) groups is 1. The number of nitrogens with one attached hydrogen (secondary N) is 2. The highest BCUT2D eigenvalue weighted by atomic mass is 16.3. The highest BCUT2D eigenvalue weighted by molar-refractivity contribution is 5.77. The normalized spacial score (nSPS) is 13.0. The Hall–Kier alpha value is -0.610. The average molecular weight is 188 g/mol. The van der Waals surface area contributed by atoms with Crippen LogP contribution in [-0.2, 0) is 4.79 Å². The zero-order valence-electron chi connectivity index (χ0n) is 8.63. The first kappa shape index (κ1) is 12.4. The third-order valence-corrected chi connectivity index (χ3v) is 2.05. The molecule has 0 radical (unpaired) electrons. The van der Waals surface area contributed by atoms with Gasteiger partial charge in [0.25, 0.3) is 0 Å². The smallest absolute Gasteiger partial charge is 0.233 e. The second-order valence-electron chi connectivity index (χ2n) is 3.42.